The van der Waals surface area contributed by atoms with Crippen LogP contribution >= 0.6 is 23.2 Å². The fraction of sp³-hybridized carbons (Fsp3) is 0.300. The number of carbonyl (C=O) groups excluding carboxylic acids is 1. The van der Waals surface area contributed by atoms with Crippen LogP contribution in [0.15, 0.2) is 18.2 Å². The van der Waals surface area contributed by atoms with Crippen LogP contribution in [-0.4, -0.2) is 11.9 Å². The molecule has 82 valence electrons. The Balaban J connectivity index is 2.70. The fourth-order valence-corrected chi connectivity index (χ4v) is 1.22. The summed E-state index contributed by atoms with van der Waals surface area (Å²) < 4.78 is 0. The number of nitrogens with one attached hydrogen (secondary N) is 2. The van der Waals surface area contributed by atoms with E-state index in [-0.39, 0.29) is 11.9 Å². The predicted molar refractivity (Wildman–Crippen MR) is 62.2 cm³/mol. The standard InChI is InChI=1S/C10H12Cl2N2O/c1-6(2)13-14-10(15)7-3-4-8(11)9(12)5-7/h3-6,13H,1-2H3,(H,14,15). The SMILES string of the molecule is CC(C)NNC(=O)c1ccc(Cl)c(Cl)c1. The molecule has 0 atom stereocenters. The van der Waals surface area contributed by atoms with Gasteiger partial charge in [-0.25, -0.2) is 5.43 Å². The van der Waals surface area contributed by atoms with E-state index < -0.39 is 0 Å². The predicted octanol–water partition coefficient (Wildman–Crippen LogP) is 2.64. The second-order valence-corrected chi connectivity index (χ2v) is 4.20. The zero-order chi connectivity index (χ0) is 11.4. The van der Waals surface area contributed by atoms with Gasteiger partial charge in [-0.3, -0.25) is 10.2 Å². The molecular formula is C10H12Cl2N2O. The molecule has 2 N–H and O–H groups in total. The quantitative estimate of drug-likeness (QED) is 0.806. The van der Waals surface area contributed by atoms with E-state index in [1.165, 1.54) is 6.07 Å². The molecule has 0 aliphatic rings. The van der Waals surface area contributed by atoms with E-state index in [1.807, 2.05) is 13.8 Å². The lowest BCUT2D eigenvalue weighted by molar-refractivity contribution is 0.0927. The van der Waals surface area contributed by atoms with Gasteiger partial charge in [-0.2, -0.15) is 0 Å². The molecule has 1 rings (SSSR count). The normalized spacial score (nSPS) is 10.5. The summed E-state index contributed by atoms with van der Waals surface area (Å²) in [5.74, 6) is -0.234. The van der Waals surface area contributed by atoms with Crippen LogP contribution in [-0.2, 0) is 0 Å². The van der Waals surface area contributed by atoms with E-state index in [9.17, 15) is 4.79 Å². The molecule has 3 nitrogen and oxygen atoms in total. The van der Waals surface area contributed by atoms with Crippen LogP contribution < -0.4 is 10.9 Å². The lowest BCUT2D eigenvalue weighted by Gasteiger charge is -2.10. The molecule has 1 amide bonds. The summed E-state index contributed by atoms with van der Waals surface area (Å²) in [5, 5.41) is 0.805. The first-order valence-electron chi connectivity index (χ1n) is 4.51. The van der Waals surface area contributed by atoms with Crippen molar-refractivity contribution in [2.24, 2.45) is 0 Å². The molecular weight excluding hydrogens is 235 g/mol. The minimum atomic E-state index is -0.234. The third-order valence-electron chi connectivity index (χ3n) is 1.66. The van der Waals surface area contributed by atoms with Gasteiger partial charge in [0.05, 0.1) is 10.0 Å². The van der Waals surface area contributed by atoms with E-state index in [0.717, 1.165) is 0 Å². The third kappa shape index (κ3) is 3.70. The summed E-state index contributed by atoms with van der Waals surface area (Å²) in [4.78, 5) is 11.5. The third-order valence-corrected chi connectivity index (χ3v) is 2.40. The summed E-state index contributed by atoms with van der Waals surface area (Å²) in [6, 6.07) is 4.91. The van der Waals surface area contributed by atoms with Gasteiger partial charge in [-0.05, 0) is 32.0 Å². The zero-order valence-corrected chi connectivity index (χ0v) is 9.99. The van der Waals surface area contributed by atoms with Gasteiger partial charge in [0.2, 0.25) is 0 Å². The smallest absolute Gasteiger partial charge is 0.265 e. The first kappa shape index (κ1) is 12.3. The Morgan fingerprint density at radius 2 is 1.93 bits per heavy atom. The maximum atomic E-state index is 11.5. The number of amides is 1. The summed E-state index contributed by atoms with van der Waals surface area (Å²) in [6.07, 6.45) is 0. The molecule has 0 spiro atoms. The van der Waals surface area contributed by atoms with Gasteiger partial charge in [0, 0.05) is 11.6 Å². The van der Waals surface area contributed by atoms with E-state index in [4.69, 9.17) is 23.2 Å². The number of halogens is 2. The van der Waals surface area contributed by atoms with Gasteiger partial charge in [-0.15, -0.1) is 0 Å². The molecule has 0 heterocycles. The van der Waals surface area contributed by atoms with Crippen molar-refractivity contribution in [1.82, 2.24) is 10.9 Å². The van der Waals surface area contributed by atoms with E-state index in [1.54, 1.807) is 12.1 Å². The van der Waals surface area contributed by atoms with Gasteiger partial charge in [-0.1, -0.05) is 23.2 Å². The van der Waals surface area contributed by atoms with Crippen molar-refractivity contribution in [2.75, 3.05) is 0 Å². The molecule has 15 heavy (non-hydrogen) atoms. The average Bonchev–Trinajstić information content (AvgIpc) is 2.18. The second kappa shape index (κ2) is 5.35. The van der Waals surface area contributed by atoms with Crippen molar-refractivity contribution in [2.45, 2.75) is 19.9 Å². The summed E-state index contributed by atoms with van der Waals surface area (Å²) in [5.41, 5.74) is 5.83. The highest BCUT2D eigenvalue weighted by Crippen LogP contribution is 2.22. The molecule has 0 aromatic heterocycles. The number of hydrazine groups is 1. The van der Waals surface area contributed by atoms with Crippen LogP contribution in [0.3, 0.4) is 0 Å². The van der Waals surface area contributed by atoms with Crippen molar-refractivity contribution < 1.29 is 4.79 Å². The minimum absolute atomic E-state index is 0.178. The van der Waals surface area contributed by atoms with Crippen molar-refractivity contribution in [3.05, 3.63) is 33.8 Å². The van der Waals surface area contributed by atoms with Crippen molar-refractivity contribution in [3.63, 3.8) is 0 Å². The molecule has 1 aromatic carbocycles. The highest BCUT2D eigenvalue weighted by Gasteiger charge is 2.07. The Morgan fingerprint density at radius 3 is 2.47 bits per heavy atom. The lowest BCUT2D eigenvalue weighted by Crippen LogP contribution is -2.41. The molecule has 0 unspecified atom stereocenters. The number of hydrogen-bond acceptors (Lipinski definition) is 2. The average molecular weight is 247 g/mol. The minimum Gasteiger partial charge on any atom is -0.287 e. The summed E-state index contributed by atoms with van der Waals surface area (Å²) in [6.45, 7) is 3.85. The van der Waals surface area contributed by atoms with Gasteiger partial charge in [0.15, 0.2) is 0 Å². The number of carbonyl (C=O) groups is 1. The summed E-state index contributed by atoms with van der Waals surface area (Å²) in [7, 11) is 0. The van der Waals surface area contributed by atoms with E-state index >= 15 is 0 Å². The maximum Gasteiger partial charge on any atom is 0.265 e. The van der Waals surface area contributed by atoms with Gasteiger partial charge in [0.25, 0.3) is 5.91 Å². The molecule has 0 saturated carbocycles. The number of rotatable bonds is 3. The topological polar surface area (TPSA) is 41.1 Å². The number of hydrogen-bond donors (Lipinski definition) is 2. The van der Waals surface area contributed by atoms with E-state index in [2.05, 4.69) is 10.9 Å². The lowest BCUT2D eigenvalue weighted by atomic mass is 10.2. The van der Waals surface area contributed by atoms with Gasteiger partial charge >= 0.3 is 0 Å². The molecule has 0 aliphatic carbocycles. The molecule has 0 bridgehead atoms. The molecule has 5 heteroatoms. The Kier molecular flexibility index (Phi) is 4.39. The van der Waals surface area contributed by atoms with Crippen LogP contribution in [0.5, 0.6) is 0 Å². The monoisotopic (exact) mass is 246 g/mol. The molecule has 0 fully saturated rings. The van der Waals surface area contributed by atoms with Crippen LogP contribution in [0, 0.1) is 0 Å². The first-order valence-corrected chi connectivity index (χ1v) is 5.27. The summed E-state index contributed by atoms with van der Waals surface area (Å²) >= 11 is 11.5. The largest absolute Gasteiger partial charge is 0.287 e. The first-order chi connectivity index (χ1) is 7.00. The van der Waals surface area contributed by atoms with Gasteiger partial charge < -0.3 is 0 Å². The Morgan fingerprint density at radius 1 is 1.27 bits per heavy atom. The van der Waals surface area contributed by atoms with Crippen LogP contribution in [0.25, 0.3) is 0 Å². The maximum absolute atomic E-state index is 11.5. The molecule has 0 saturated heterocycles. The fourth-order valence-electron chi connectivity index (χ4n) is 0.919. The zero-order valence-electron chi connectivity index (χ0n) is 8.47. The highest BCUT2D eigenvalue weighted by atomic mass is 35.5. The molecule has 1 aromatic rings. The van der Waals surface area contributed by atoms with Crippen LogP contribution in [0.4, 0.5) is 0 Å². The Hall–Kier alpha value is -0.770. The Labute approximate surface area is 98.7 Å². The number of benzene rings is 1. The van der Waals surface area contributed by atoms with Crippen molar-refractivity contribution >= 4 is 29.1 Å². The van der Waals surface area contributed by atoms with Crippen molar-refractivity contribution in [1.29, 1.82) is 0 Å². The van der Waals surface area contributed by atoms with Gasteiger partial charge in [0.1, 0.15) is 0 Å². The van der Waals surface area contributed by atoms with Crippen LogP contribution in [0.1, 0.15) is 24.2 Å². The van der Waals surface area contributed by atoms with Crippen LogP contribution in [0.2, 0.25) is 10.0 Å². The highest BCUT2D eigenvalue weighted by molar-refractivity contribution is 6.42. The second-order valence-electron chi connectivity index (χ2n) is 3.38. The molecule has 0 aliphatic heterocycles. The molecule has 0 radical (unpaired) electrons. The van der Waals surface area contributed by atoms with Crippen molar-refractivity contribution in [3.8, 4) is 0 Å². The Bertz CT molecular complexity index is 366. The van der Waals surface area contributed by atoms with E-state index in [0.29, 0.717) is 15.6 Å².